The third-order valence-electron chi connectivity index (χ3n) is 2.65. The maximum Gasteiger partial charge on any atom is 0.307 e. The second-order valence-electron chi connectivity index (χ2n) is 3.60. The molecule has 1 rings (SSSR count). The summed E-state index contributed by atoms with van der Waals surface area (Å²) < 4.78 is 12.6. The number of carbonyl (C=O) groups is 1. The van der Waals surface area contributed by atoms with Crippen molar-refractivity contribution in [2.75, 3.05) is 0 Å². The third kappa shape index (κ3) is 2.78. The van der Waals surface area contributed by atoms with Crippen molar-refractivity contribution in [1.82, 2.24) is 0 Å². The summed E-state index contributed by atoms with van der Waals surface area (Å²) in [5, 5.41) is 8.97. The van der Waals surface area contributed by atoms with Crippen LogP contribution in [0.25, 0.3) is 0 Å². The zero-order valence-corrected chi connectivity index (χ0v) is 8.83. The van der Waals surface area contributed by atoms with Crippen molar-refractivity contribution in [3.05, 3.63) is 35.6 Å². The van der Waals surface area contributed by atoms with E-state index in [0.29, 0.717) is 6.42 Å². The molecule has 0 saturated carbocycles. The highest BCUT2D eigenvalue weighted by Crippen LogP contribution is 2.26. The van der Waals surface area contributed by atoms with Crippen LogP contribution in [-0.4, -0.2) is 11.1 Å². The van der Waals surface area contributed by atoms with Crippen molar-refractivity contribution in [3.63, 3.8) is 0 Å². The van der Waals surface area contributed by atoms with Crippen LogP contribution in [0.15, 0.2) is 18.2 Å². The van der Waals surface area contributed by atoms with Gasteiger partial charge in [0.2, 0.25) is 0 Å². The van der Waals surface area contributed by atoms with E-state index in [4.69, 9.17) is 5.11 Å². The van der Waals surface area contributed by atoms with Crippen molar-refractivity contribution in [1.29, 1.82) is 0 Å². The predicted molar refractivity (Wildman–Crippen MR) is 55.1 cm³/mol. The summed E-state index contributed by atoms with van der Waals surface area (Å²) in [6, 6.07) is 6.92. The normalized spacial score (nSPS) is 14.6. The Bertz CT molecular complexity index is 332. The lowest BCUT2D eigenvalue weighted by Gasteiger charge is -2.18. The Hall–Kier alpha value is -1.38. The van der Waals surface area contributed by atoms with Crippen LogP contribution in [-0.2, 0) is 4.79 Å². The minimum Gasteiger partial charge on any atom is -0.481 e. The van der Waals surface area contributed by atoms with Crippen LogP contribution in [0, 0.1) is 17.8 Å². The molecule has 0 saturated heterocycles. The van der Waals surface area contributed by atoms with Gasteiger partial charge >= 0.3 is 5.97 Å². The van der Waals surface area contributed by atoms with Gasteiger partial charge in [0.25, 0.3) is 0 Å². The SMILES string of the molecule is CCC(C(=O)O)C(C)c1[c]cc(F)cc1. The Morgan fingerprint density at radius 2 is 2.27 bits per heavy atom. The second kappa shape index (κ2) is 4.91. The highest BCUT2D eigenvalue weighted by atomic mass is 19.1. The van der Waals surface area contributed by atoms with Crippen LogP contribution < -0.4 is 0 Å². The van der Waals surface area contributed by atoms with Gasteiger partial charge in [0.1, 0.15) is 5.82 Å². The van der Waals surface area contributed by atoms with Gasteiger partial charge in [0.15, 0.2) is 0 Å². The van der Waals surface area contributed by atoms with Crippen LogP contribution in [0.5, 0.6) is 0 Å². The van der Waals surface area contributed by atoms with Crippen molar-refractivity contribution < 1.29 is 14.3 Å². The van der Waals surface area contributed by atoms with E-state index in [9.17, 15) is 9.18 Å². The zero-order chi connectivity index (χ0) is 11.4. The van der Waals surface area contributed by atoms with Crippen molar-refractivity contribution in [2.45, 2.75) is 26.2 Å². The topological polar surface area (TPSA) is 37.3 Å². The first-order chi connectivity index (χ1) is 7.06. The van der Waals surface area contributed by atoms with Crippen molar-refractivity contribution in [2.24, 2.45) is 5.92 Å². The molecule has 15 heavy (non-hydrogen) atoms. The largest absolute Gasteiger partial charge is 0.481 e. The maximum absolute atomic E-state index is 12.6. The lowest BCUT2D eigenvalue weighted by Crippen LogP contribution is -2.19. The van der Waals surface area contributed by atoms with E-state index in [1.165, 1.54) is 12.1 Å². The summed E-state index contributed by atoms with van der Waals surface area (Å²) in [5.74, 6) is -1.75. The Morgan fingerprint density at radius 3 is 2.67 bits per heavy atom. The number of hydrogen-bond acceptors (Lipinski definition) is 1. The fraction of sp³-hybridized carbons (Fsp3) is 0.417. The maximum atomic E-state index is 12.6. The third-order valence-corrected chi connectivity index (χ3v) is 2.65. The lowest BCUT2D eigenvalue weighted by atomic mass is 9.86. The predicted octanol–water partition coefficient (Wildman–Crippen LogP) is 2.84. The van der Waals surface area contributed by atoms with Gasteiger partial charge in [-0.15, -0.1) is 0 Å². The Labute approximate surface area is 88.7 Å². The summed E-state index contributed by atoms with van der Waals surface area (Å²) in [5.41, 5.74) is 0.741. The average molecular weight is 209 g/mol. The molecular formula is C12H14FO2. The molecule has 0 aliphatic rings. The molecule has 0 aliphatic carbocycles. The summed E-state index contributed by atoms with van der Waals surface area (Å²) in [4.78, 5) is 10.9. The van der Waals surface area contributed by atoms with Crippen LogP contribution in [0.2, 0.25) is 0 Å². The van der Waals surface area contributed by atoms with E-state index >= 15 is 0 Å². The first-order valence-corrected chi connectivity index (χ1v) is 4.96. The van der Waals surface area contributed by atoms with Crippen molar-refractivity contribution >= 4 is 5.97 Å². The molecule has 3 heteroatoms. The van der Waals surface area contributed by atoms with E-state index in [0.717, 1.165) is 5.56 Å². The summed E-state index contributed by atoms with van der Waals surface area (Å²) in [6.07, 6.45) is 0.557. The van der Waals surface area contributed by atoms with Gasteiger partial charge < -0.3 is 5.11 Å². The molecule has 0 heterocycles. The Balaban J connectivity index is 2.87. The van der Waals surface area contributed by atoms with Gasteiger partial charge in [0, 0.05) is 0 Å². The standard InChI is InChI=1S/C12H14FO2/c1-3-11(12(14)15)8(2)9-4-6-10(13)7-5-9/h4,6-8,11H,3H2,1-2H3,(H,14,15). The van der Waals surface area contributed by atoms with E-state index in [1.54, 1.807) is 6.07 Å². The summed E-state index contributed by atoms with van der Waals surface area (Å²) in [7, 11) is 0. The minimum atomic E-state index is -0.817. The molecule has 0 fully saturated rings. The molecule has 0 bridgehead atoms. The first-order valence-electron chi connectivity index (χ1n) is 4.96. The molecule has 1 radical (unpaired) electrons. The molecule has 2 nitrogen and oxygen atoms in total. The summed E-state index contributed by atoms with van der Waals surface area (Å²) >= 11 is 0. The molecule has 0 aromatic heterocycles. The van der Waals surface area contributed by atoms with E-state index in [1.807, 2.05) is 13.8 Å². The second-order valence-corrected chi connectivity index (χ2v) is 3.60. The highest BCUT2D eigenvalue weighted by molar-refractivity contribution is 5.71. The molecule has 0 aliphatic heterocycles. The van der Waals surface area contributed by atoms with E-state index in [-0.39, 0.29) is 11.7 Å². The monoisotopic (exact) mass is 209 g/mol. The van der Waals surface area contributed by atoms with Gasteiger partial charge in [-0.2, -0.15) is 0 Å². The Morgan fingerprint density at radius 1 is 1.60 bits per heavy atom. The number of halogens is 1. The molecule has 0 amide bonds. The first kappa shape index (κ1) is 11.7. The van der Waals surface area contributed by atoms with Crippen molar-refractivity contribution in [3.8, 4) is 0 Å². The van der Waals surface area contributed by atoms with Gasteiger partial charge in [-0.3, -0.25) is 4.79 Å². The van der Waals surface area contributed by atoms with Crippen LogP contribution >= 0.6 is 0 Å². The number of benzene rings is 1. The molecule has 1 N–H and O–H groups in total. The molecule has 0 spiro atoms. The quantitative estimate of drug-likeness (QED) is 0.827. The summed E-state index contributed by atoms with van der Waals surface area (Å²) in [6.45, 7) is 3.66. The van der Waals surface area contributed by atoms with E-state index < -0.39 is 11.9 Å². The number of aliphatic carboxylic acids is 1. The molecule has 1 aromatic rings. The molecule has 2 unspecified atom stereocenters. The zero-order valence-electron chi connectivity index (χ0n) is 8.83. The molecular weight excluding hydrogens is 195 g/mol. The number of rotatable bonds is 4. The highest BCUT2D eigenvalue weighted by Gasteiger charge is 2.23. The number of carboxylic acid groups (broad SMARTS) is 1. The average Bonchev–Trinajstić information content (AvgIpc) is 2.19. The van der Waals surface area contributed by atoms with Crippen LogP contribution in [0.1, 0.15) is 31.7 Å². The van der Waals surface area contributed by atoms with Crippen LogP contribution in [0.4, 0.5) is 4.39 Å². The fourth-order valence-electron chi connectivity index (χ4n) is 1.66. The minimum absolute atomic E-state index is 0.145. The van der Waals surface area contributed by atoms with Gasteiger partial charge in [-0.1, -0.05) is 19.9 Å². The number of carboxylic acids is 1. The number of hydrogen-bond donors (Lipinski definition) is 1. The van der Waals surface area contributed by atoms with Gasteiger partial charge in [-0.25, -0.2) is 4.39 Å². The van der Waals surface area contributed by atoms with Crippen LogP contribution in [0.3, 0.4) is 0 Å². The molecule has 1 aromatic carbocycles. The Kier molecular flexibility index (Phi) is 3.83. The van der Waals surface area contributed by atoms with E-state index in [2.05, 4.69) is 6.07 Å². The molecule has 2 atom stereocenters. The van der Waals surface area contributed by atoms with Gasteiger partial charge in [-0.05, 0) is 36.1 Å². The molecule has 81 valence electrons. The lowest BCUT2D eigenvalue weighted by molar-refractivity contribution is -0.142. The van der Waals surface area contributed by atoms with Gasteiger partial charge in [0.05, 0.1) is 5.92 Å². The fourth-order valence-corrected chi connectivity index (χ4v) is 1.66. The smallest absolute Gasteiger partial charge is 0.307 e.